The van der Waals surface area contributed by atoms with Crippen LogP contribution in [0.1, 0.15) is 30.4 Å². The van der Waals surface area contributed by atoms with Gasteiger partial charge in [-0.1, -0.05) is 15.9 Å². The van der Waals surface area contributed by atoms with Crippen molar-refractivity contribution in [2.24, 2.45) is 5.73 Å². The zero-order valence-corrected chi connectivity index (χ0v) is 10.8. The predicted octanol–water partition coefficient (Wildman–Crippen LogP) is 3.07. The highest BCUT2D eigenvalue weighted by Gasteiger charge is 2.35. The molecule has 0 bridgehead atoms. The van der Waals surface area contributed by atoms with Crippen molar-refractivity contribution in [3.63, 3.8) is 0 Å². The molecule has 2 N–H and O–H groups in total. The van der Waals surface area contributed by atoms with Gasteiger partial charge in [-0.15, -0.1) is 0 Å². The molecule has 1 saturated carbocycles. The summed E-state index contributed by atoms with van der Waals surface area (Å²) < 4.78 is 19.5. The molecule has 1 aliphatic rings. The van der Waals surface area contributed by atoms with Gasteiger partial charge in [-0.05, 0) is 37.0 Å². The summed E-state index contributed by atoms with van der Waals surface area (Å²) in [4.78, 5) is 0. The highest BCUT2D eigenvalue weighted by atomic mass is 79.9. The highest BCUT2D eigenvalue weighted by Crippen LogP contribution is 2.40. The van der Waals surface area contributed by atoms with E-state index in [0.29, 0.717) is 5.56 Å². The second kappa shape index (κ2) is 4.43. The third-order valence-electron chi connectivity index (χ3n) is 3.25. The summed E-state index contributed by atoms with van der Waals surface area (Å²) in [5.41, 5.74) is 7.27. The first-order valence-electron chi connectivity index (χ1n) is 5.33. The third-order valence-corrected chi connectivity index (χ3v) is 3.96. The van der Waals surface area contributed by atoms with E-state index in [1.165, 1.54) is 6.07 Å². The Morgan fingerprint density at radius 3 is 2.62 bits per heavy atom. The Kier molecular flexibility index (Phi) is 3.33. The molecule has 2 rings (SSSR count). The zero-order valence-electron chi connectivity index (χ0n) is 9.22. The van der Waals surface area contributed by atoms with Gasteiger partial charge >= 0.3 is 0 Å². The van der Waals surface area contributed by atoms with Gasteiger partial charge in [-0.2, -0.15) is 0 Å². The van der Waals surface area contributed by atoms with Crippen LogP contribution < -0.4 is 5.73 Å². The normalized spacial score (nSPS) is 18.2. The molecular weight excluding hydrogens is 273 g/mol. The van der Waals surface area contributed by atoms with Crippen LogP contribution in [0, 0.1) is 5.82 Å². The van der Waals surface area contributed by atoms with Crippen LogP contribution in [0.15, 0.2) is 16.6 Å². The van der Waals surface area contributed by atoms with E-state index in [-0.39, 0.29) is 18.0 Å². The molecule has 0 aliphatic heterocycles. The number of ether oxygens (including phenoxy) is 1. The van der Waals surface area contributed by atoms with Crippen LogP contribution in [-0.2, 0) is 16.9 Å². The van der Waals surface area contributed by atoms with Crippen molar-refractivity contribution in [3.05, 3.63) is 33.5 Å². The van der Waals surface area contributed by atoms with Gasteiger partial charge in [0, 0.05) is 22.7 Å². The Hall–Kier alpha value is -0.450. The maximum atomic E-state index is 13.8. The minimum atomic E-state index is -0.324. The lowest BCUT2D eigenvalue weighted by Gasteiger charge is -2.38. The van der Waals surface area contributed by atoms with Crippen molar-refractivity contribution in [2.75, 3.05) is 7.11 Å². The molecule has 0 spiro atoms. The Bertz CT molecular complexity index is 381. The van der Waals surface area contributed by atoms with Crippen LogP contribution >= 0.6 is 15.9 Å². The van der Waals surface area contributed by atoms with E-state index in [2.05, 4.69) is 15.9 Å². The quantitative estimate of drug-likeness (QED) is 0.927. The molecule has 88 valence electrons. The lowest BCUT2D eigenvalue weighted by Crippen LogP contribution is -2.43. The minimum Gasteiger partial charge on any atom is -0.380 e. The highest BCUT2D eigenvalue weighted by molar-refractivity contribution is 9.10. The van der Waals surface area contributed by atoms with Crippen molar-refractivity contribution in [3.8, 4) is 0 Å². The number of hydrogen-bond acceptors (Lipinski definition) is 2. The fourth-order valence-corrected chi connectivity index (χ4v) is 2.57. The molecule has 16 heavy (non-hydrogen) atoms. The summed E-state index contributed by atoms with van der Waals surface area (Å²) in [7, 11) is 1.55. The Labute approximate surface area is 103 Å². The first-order valence-corrected chi connectivity index (χ1v) is 6.12. The summed E-state index contributed by atoms with van der Waals surface area (Å²) in [5, 5.41) is 0. The topological polar surface area (TPSA) is 35.2 Å². The van der Waals surface area contributed by atoms with Gasteiger partial charge in [-0.3, -0.25) is 0 Å². The SMILES string of the molecule is COCc1c(F)cc(C2(N)CCC2)cc1Br. The molecule has 0 amide bonds. The molecule has 0 saturated heterocycles. The second-order valence-corrected chi connectivity index (χ2v) is 5.22. The standard InChI is InChI=1S/C12H15BrFNO/c1-16-7-9-10(13)5-8(6-11(9)14)12(15)3-2-4-12/h5-6H,2-4,7,15H2,1H3. The van der Waals surface area contributed by atoms with Crippen molar-refractivity contribution < 1.29 is 9.13 Å². The Morgan fingerprint density at radius 2 is 2.19 bits per heavy atom. The van der Waals surface area contributed by atoms with Gasteiger partial charge in [0.25, 0.3) is 0 Å². The van der Waals surface area contributed by atoms with Gasteiger partial charge in [0.05, 0.1) is 6.61 Å². The van der Waals surface area contributed by atoms with Crippen LogP contribution in [-0.4, -0.2) is 7.11 Å². The van der Waals surface area contributed by atoms with Crippen molar-refractivity contribution in [1.29, 1.82) is 0 Å². The summed E-state index contributed by atoms with van der Waals surface area (Å²) in [6, 6.07) is 3.45. The van der Waals surface area contributed by atoms with Crippen molar-refractivity contribution in [1.82, 2.24) is 0 Å². The van der Waals surface area contributed by atoms with Gasteiger partial charge in [0.15, 0.2) is 0 Å². The predicted molar refractivity (Wildman–Crippen MR) is 64.5 cm³/mol. The zero-order chi connectivity index (χ0) is 11.8. The number of halogens is 2. The van der Waals surface area contributed by atoms with Gasteiger partial charge in [-0.25, -0.2) is 4.39 Å². The molecule has 0 unspecified atom stereocenters. The van der Waals surface area contributed by atoms with E-state index in [4.69, 9.17) is 10.5 Å². The fraction of sp³-hybridized carbons (Fsp3) is 0.500. The van der Waals surface area contributed by atoms with Gasteiger partial charge in [0.2, 0.25) is 0 Å². The van der Waals surface area contributed by atoms with Crippen LogP contribution in [0.25, 0.3) is 0 Å². The molecule has 1 fully saturated rings. The van der Waals surface area contributed by atoms with Crippen LogP contribution in [0.3, 0.4) is 0 Å². The average Bonchev–Trinajstić information content (AvgIpc) is 2.19. The minimum absolute atomic E-state index is 0.247. The number of methoxy groups -OCH3 is 1. The number of nitrogens with two attached hydrogens (primary N) is 1. The van der Waals surface area contributed by atoms with Crippen LogP contribution in [0.5, 0.6) is 0 Å². The smallest absolute Gasteiger partial charge is 0.130 e. The molecule has 1 aromatic carbocycles. The Morgan fingerprint density at radius 1 is 1.50 bits per heavy atom. The number of benzene rings is 1. The first-order chi connectivity index (χ1) is 7.57. The molecule has 0 heterocycles. The van der Waals surface area contributed by atoms with Crippen LogP contribution in [0.2, 0.25) is 0 Å². The maximum absolute atomic E-state index is 13.8. The Balaban J connectivity index is 2.36. The molecule has 4 heteroatoms. The monoisotopic (exact) mass is 287 g/mol. The summed E-state index contributed by atoms with van der Waals surface area (Å²) in [5.74, 6) is -0.247. The molecule has 0 atom stereocenters. The fourth-order valence-electron chi connectivity index (χ4n) is 2.02. The largest absolute Gasteiger partial charge is 0.380 e. The molecule has 0 aromatic heterocycles. The number of rotatable bonds is 3. The van der Waals surface area contributed by atoms with E-state index in [1.54, 1.807) is 7.11 Å². The van der Waals surface area contributed by atoms with Gasteiger partial charge in [0.1, 0.15) is 5.82 Å². The number of hydrogen-bond donors (Lipinski definition) is 1. The van der Waals surface area contributed by atoms with Crippen molar-refractivity contribution in [2.45, 2.75) is 31.4 Å². The molecule has 0 radical (unpaired) electrons. The van der Waals surface area contributed by atoms with E-state index >= 15 is 0 Å². The summed E-state index contributed by atoms with van der Waals surface area (Å²) in [6.45, 7) is 0.268. The van der Waals surface area contributed by atoms with Gasteiger partial charge < -0.3 is 10.5 Å². The average molecular weight is 288 g/mol. The van der Waals surface area contributed by atoms with Crippen LogP contribution in [0.4, 0.5) is 4.39 Å². The molecule has 2 nitrogen and oxygen atoms in total. The summed E-state index contributed by atoms with van der Waals surface area (Å²) >= 11 is 3.37. The summed E-state index contributed by atoms with van der Waals surface area (Å²) in [6.07, 6.45) is 2.99. The van der Waals surface area contributed by atoms with E-state index < -0.39 is 0 Å². The molecule has 1 aliphatic carbocycles. The van der Waals surface area contributed by atoms with Crippen molar-refractivity contribution >= 4 is 15.9 Å². The lowest BCUT2D eigenvalue weighted by molar-refractivity contribution is 0.180. The van der Waals surface area contributed by atoms with E-state index in [1.807, 2.05) is 6.07 Å². The second-order valence-electron chi connectivity index (χ2n) is 4.36. The maximum Gasteiger partial charge on any atom is 0.130 e. The first kappa shape index (κ1) is 12.0. The van der Waals surface area contributed by atoms with E-state index in [0.717, 1.165) is 29.3 Å². The lowest BCUT2D eigenvalue weighted by atomic mass is 9.72. The molecular formula is C12H15BrFNO. The van der Waals surface area contributed by atoms with E-state index in [9.17, 15) is 4.39 Å². The third kappa shape index (κ3) is 2.01. The molecule has 1 aromatic rings.